The Morgan fingerprint density at radius 3 is 2.56 bits per heavy atom. The van der Waals surface area contributed by atoms with Gasteiger partial charge in [0.25, 0.3) is 0 Å². The van der Waals surface area contributed by atoms with Crippen molar-refractivity contribution in [1.82, 2.24) is 5.43 Å². The fourth-order valence-corrected chi connectivity index (χ4v) is 3.34. The SMILES string of the molecule is CCSc1ccc(Cl)cc1CC(=O)N/N=C\c1ccc(OC(C)(C)C)cc1. The van der Waals surface area contributed by atoms with E-state index in [0.29, 0.717) is 5.02 Å². The zero-order valence-electron chi connectivity index (χ0n) is 16.1. The Morgan fingerprint density at radius 1 is 1.22 bits per heavy atom. The number of hydrogen-bond donors (Lipinski definition) is 1. The lowest BCUT2D eigenvalue weighted by Gasteiger charge is -2.21. The molecule has 27 heavy (non-hydrogen) atoms. The molecule has 0 saturated heterocycles. The lowest BCUT2D eigenvalue weighted by atomic mass is 10.1. The van der Waals surface area contributed by atoms with Gasteiger partial charge in [-0.2, -0.15) is 5.10 Å². The first-order chi connectivity index (χ1) is 12.8. The van der Waals surface area contributed by atoms with E-state index in [2.05, 4.69) is 17.5 Å². The molecule has 4 nitrogen and oxygen atoms in total. The molecule has 0 atom stereocenters. The smallest absolute Gasteiger partial charge is 0.244 e. The van der Waals surface area contributed by atoms with Crippen LogP contribution in [0.4, 0.5) is 0 Å². The summed E-state index contributed by atoms with van der Waals surface area (Å²) in [5.74, 6) is 1.55. The van der Waals surface area contributed by atoms with Crippen molar-refractivity contribution in [3.8, 4) is 5.75 Å². The molecule has 144 valence electrons. The van der Waals surface area contributed by atoms with E-state index in [1.54, 1.807) is 18.0 Å². The van der Waals surface area contributed by atoms with Gasteiger partial charge >= 0.3 is 0 Å². The molecule has 0 bridgehead atoms. The number of halogens is 1. The summed E-state index contributed by atoms with van der Waals surface area (Å²) in [6.45, 7) is 8.08. The van der Waals surface area contributed by atoms with Crippen LogP contribution >= 0.6 is 23.4 Å². The number of benzene rings is 2. The third-order valence-corrected chi connectivity index (χ3v) is 4.61. The number of nitrogens with zero attached hydrogens (tertiary/aromatic N) is 1. The van der Waals surface area contributed by atoms with E-state index in [-0.39, 0.29) is 17.9 Å². The van der Waals surface area contributed by atoms with Gasteiger partial charge in [0.15, 0.2) is 0 Å². The first kappa shape index (κ1) is 21.3. The second-order valence-electron chi connectivity index (χ2n) is 6.94. The Balaban J connectivity index is 1.93. The predicted octanol–water partition coefficient (Wildman–Crippen LogP) is 5.32. The highest BCUT2D eigenvalue weighted by atomic mass is 35.5. The summed E-state index contributed by atoms with van der Waals surface area (Å²) in [6.07, 6.45) is 1.84. The van der Waals surface area contributed by atoms with Gasteiger partial charge in [-0.25, -0.2) is 5.43 Å². The molecule has 0 fully saturated rings. The number of hydrogen-bond acceptors (Lipinski definition) is 4. The van der Waals surface area contributed by atoms with E-state index in [1.807, 2.05) is 63.2 Å². The fraction of sp³-hybridized carbons (Fsp3) is 0.333. The van der Waals surface area contributed by atoms with Gasteiger partial charge in [0.05, 0.1) is 12.6 Å². The molecule has 0 aliphatic carbocycles. The zero-order chi connectivity index (χ0) is 19.9. The predicted molar refractivity (Wildman–Crippen MR) is 114 cm³/mol. The molecule has 2 aromatic rings. The van der Waals surface area contributed by atoms with Crippen LogP contribution in [0.5, 0.6) is 5.75 Å². The normalized spacial score (nSPS) is 11.6. The largest absolute Gasteiger partial charge is 0.488 e. The Morgan fingerprint density at radius 2 is 1.93 bits per heavy atom. The highest BCUT2D eigenvalue weighted by Crippen LogP contribution is 2.26. The van der Waals surface area contributed by atoms with Gasteiger partial charge in [-0.1, -0.05) is 18.5 Å². The standard InChI is InChI=1S/C21H25ClN2O2S/c1-5-27-19-11-8-17(22)12-16(19)13-20(25)24-23-14-15-6-9-18(10-7-15)26-21(2,3)4/h6-12,14H,5,13H2,1-4H3,(H,24,25)/b23-14-. The quantitative estimate of drug-likeness (QED) is 0.386. The monoisotopic (exact) mass is 404 g/mol. The number of ether oxygens (including phenoxy) is 1. The van der Waals surface area contributed by atoms with Crippen molar-refractivity contribution in [3.05, 3.63) is 58.6 Å². The van der Waals surface area contributed by atoms with Crippen molar-refractivity contribution >= 4 is 35.5 Å². The van der Waals surface area contributed by atoms with Crippen molar-refractivity contribution < 1.29 is 9.53 Å². The van der Waals surface area contributed by atoms with Crippen molar-refractivity contribution in [1.29, 1.82) is 0 Å². The number of carbonyl (C=O) groups is 1. The van der Waals surface area contributed by atoms with E-state index < -0.39 is 0 Å². The zero-order valence-corrected chi connectivity index (χ0v) is 17.7. The van der Waals surface area contributed by atoms with E-state index in [1.165, 1.54) is 0 Å². The van der Waals surface area contributed by atoms with Crippen LogP contribution in [-0.4, -0.2) is 23.5 Å². The molecule has 1 amide bonds. The van der Waals surface area contributed by atoms with Crippen molar-refractivity contribution in [2.24, 2.45) is 5.10 Å². The van der Waals surface area contributed by atoms with E-state index in [0.717, 1.165) is 27.5 Å². The average molecular weight is 405 g/mol. The van der Waals surface area contributed by atoms with Crippen LogP contribution in [0.15, 0.2) is 52.5 Å². The summed E-state index contributed by atoms with van der Waals surface area (Å²) in [6, 6.07) is 13.2. The molecular weight excluding hydrogens is 380 g/mol. The number of nitrogens with one attached hydrogen (secondary N) is 1. The molecule has 0 spiro atoms. The summed E-state index contributed by atoms with van der Waals surface area (Å²) >= 11 is 7.75. The first-order valence-electron chi connectivity index (χ1n) is 8.79. The van der Waals surface area contributed by atoms with Gasteiger partial charge in [0, 0.05) is 9.92 Å². The molecule has 0 unspecified atom stereocenters. The minimum Gasteiger partial charge on any atom is -0.488 e. The third-order valence-electron chi connectivity index (χ3n) is 3.38. The van der Waals surface area contributed by atoms with Crippen LogP contribution in [0.3, 0.4) is 0 Å². The molecule has 2 rings (SSSR count). The molecule has 0 heterocycles. The molecular formula is C21H25ClN2O2S. The Hall–Kier alpha value is -1.98. The summed E-state index contributed by atoms with van der Waals surface area (Å²) in [4.78, 5) is 13.2. The van der Waals surface area contributed by atoms with Gasteiger partial charge in [0.1, 0.15) is 11.4 Å². The van der Waals surface area contributed by atoms with E-state index in [4.69, 9.17) is 16.3 Å². The van der Waals surface area contributed by atoms with Crippen LogP contribution in [0.25, 0.3) is 0 Å². The maximum Gasteiger partial charge on any atom is 0.244 e. The van der Waals surface area contributed by atoms with Crippen LogP contribution in [0, 0.1) is 0 Å². The molecule has 1 N–H and O–H groups in total. The second-order valence-corrected chi connectivity index (χ2v) is 8.68. The Kier molecular flexibility index (Phi) is 7.75. The second kappa shape index (κ2) is 9.81. The van der Waals surface area contributed by atoms with Gasteiger partial charge in [-0.3, -0.25) is 4.79 Å². The van der Waals surface area contributed by atoms with Crippen LogP contribution < -0.4 is 10.2 Å². The van der Waals surface area contributed by atoms with Gasteiger partial charge < -0.3 is 4.74 Å². The molecule has 0 aromatic heterocycles. The number of thioether (sulfide) groups is 1. The number of amides is 1. The fourth-order valence-electron chi connectivity index (χ4n) is 2.35. The number of hydrazone groups is 1. The number of carbonyl (C=O) groups excluding carboxylic acids is 1. The summed E-state index contributed by atoms with van der Waals surface area (Å²) in [5.41, 5.74) is 4.12. The van der Waals surface area contributed by atoms with Crippen LogP contribution in [0.2, 0.25) is 5.02 Å². The maximum atomic E-state index is 12.2. The number of rotatable bonds is 7. The van der Waals surface area contributed by atoms with Crippen molar-refractivity contribution in [2.45, 2.75) is 44.6 Å². The van der Waals surface area contributed by atoms with Crippen molar-refractivity contribution in [3.63, 3.8) is 0 Å². The highest BCUT2D eigenvalue weighted by molar-refractivity contribution is 7.99. The summed E-state index contributed by atoms with van der Waals surface area (Å²) in [5, 5.41) is 4.66. The third kappa shape index (κ3) is 7.65. The lowest BCUT2D eigenvalue weighted by Crippen LogP contribution is -2.22. The van der Waals surface area contributed by atoms with E-state index >= 15 is 0 Å². The molecule has 6 heteroatoms. The van der Waals surface area contributed by atoms with Crippen LogP contribution in [-0.2, 0) is 11.2 Å². The van der Waals surface area contributed by atoms with Gasteiger partial charge in [0.2, 0.25) is 5.91 Å². The molecule has 2 aromatic carbocycles. The Labute approximate surface area is 170 Å². The minimum atomic E-state index is -0.237. The topological polar surface area (TPSA) is 50.7 Å². The minimum absolute atomic E-state index is 0.181. The van der Waals surface area contributed by atoms with E-state index in [9.17, 15) is 4.79 Å². The van der Waals surface area contributed by atoms with Crippen LogP contribution in [0.1, 0.15) is 38.8 Å². The Bertz CT molecular complexity index is 799. The maximum absolute atomic E-state index is 12.2. The van der Waals surface area contributed by atoms with Crippen molar-refractivity contribution in [2.75, 3.05) is 5.75 Å². The molecule has 0 aliphatic rings. The molecule has 0 radical (unpaired) electrons. The average Bonchev–Trinajstić information content (AvgIpc) is 2.58. The lowest BCUT2D eigenvalue weighted by molar-refractivity contribution is -0.120. The first-order valence-corrected chi connectivity index (χ1v) is 10.2. The van der Waals surface area contributed by atoms with Gasteiger partial charge in [-0.05, 0) is 80.1 Å². The molecule has 0 saturated carbocycles. The summed E-state index contributed by atoms with van der Waals surface area (Å²) in [7, 11) is 0. The molecule has 0 aliphatic heterocycles. The highest BCUT2D eigenvalue weighted by Gasteiger charge is 2.11. The van der Waals surface area contributed by atoms with Gasteiger partial charge in [-0.15, -0.1) is 11.8 Å². The summed E-state index contributed by atoms with van der Waals surface area (Å²) < 4.78 is 5.78.